The van der Waals surface area contributed by atoms with E-state index >= 15 is 0 Å². The smallest absolute Gasteiger partial charge is 0.313 e. The van der Waals surface area contributed by atoms with E-state index in [0.717, 1.165) is 40.5 Å². The Bertz CT molecular complexity index is 659. The highest BCUT2D eigenvalue weighted by Crippen LogP contribution is 2.42. The number of thioether (sulfide) groups is 1. The van der Waals surface area contributed by atoms with Gasteiger partial charge in [-0.15, -0.1) is 0 Å². The molecule has 2 aromatic rings. The van der Waals surface area contributed by atoms with E-state index in [-0.39, 0.29) is 5.75 Å². The Labute approximate surface area is 122 Å². The highest BCUT2D eigenvalue weighted by atomic mass is 32.2. The van der Waals surface area contributed by atoms with Gasteiger partial charge in [0.25, 0.3) is 0 Å². The summed E-state index contributed by atoms with van der Waals surface area (Å²) in [5, 5.41) is 9.73. The van der Waals surface area contributed by atoms with Gasteiger partial charge in [-0.3, -0.25) is 4.79 Å². The van der Waals surface area contributed by atoms with Crippen molar-refractivity contribution in [1.29, 1.82) is 0 Å². The maximum Gasteiger partial charge on any atom is 0.313 e. The summed E-state index contributed by atoms with van der Waals surface area (Å²) in [7, 11) is 0. The number of fused-ring (bicyclic) bond motifs is 1. The molecule has 1 saturated carbocycles. The number of aliphatic carboxylic acids is 1. The van der Waals surface area contributed by atoms with Gasteiger partial charge in [0.05, 0.1) is 16.8 Å². The van der Waals surface area contributed by atoms with Crippen molar-refractivity contribution in [3.8, 4) is 0 Å². The summed E-state index contributed by atoms with van der Waals surface area (Å²) in [5.74, 6) is 0.0110. The molecule has 0 amide bonds. The quantitative estimate of drug-likeness (QED) is 0.876. The molecule has 1 heterocycles. The lowest BCUT2D eigenvalue weighted by molar-refractivity contribution is -0.133. The fourth-order valence-corrected chi connectivity index (χ4v) is 3.68. The number of rotatable bonds is 4. The molecule has 4 nitrogen and oxygen atoms in total. The Morgan fingerprint density at radius 2 is 2.25 bits per heavy atom. The highest BCUT2D eigenvalue weighted by Gasteiger charge is 2.30. The molecule has 106 valence electrons. The van der Waals surface area contributed by atoms with E-state index in [1.165, 1.54) is 11.8 Å². The zero-order chi connectivity index (χ0) is 14.3. The van der Waals surface area contributed by atoms with Crippen LogP contribution in [0, 0.1) is 12.8 Å². The first kappa shape index (κ1) is 13.5. The topological polar surface area (TPSA) is 55.1 Å². The number of aryl methyl sites for hydroxylation is 1. The lowest BCUT2D eigenvalue weighted by atomic mass is 9.81. The molecule has 1 N–H and O–H groups in total. The average molecular weight is 290 g/mol. The van der Waals surface area contributed by atoms with E-state index in [1.54, 1.807) is 0 Å². The minimum Gasteiger partial charge on any atom is -0.481 e. The van der Waals surface area contributed by atoms with Crippen LogP contribution in [0.25, 0.3) is 11.0 Å². The molecule has 5 heteroatoms. The largest absolute Gasteiger partial charge is 0.481 e. The van der Waals surface area contributed by atoms with Crippen molar-refractivity contribution in [2.75, 3.05) is 5.75 Å². The number of hydrogen-bond acceptors (Lipinski definition) is 3. The van der Waals surface area contributed by atoms with Crippen molar-refractivity contribution in [1.82, 2.24) is 9.55 Å². The number of carboxylic acid groups (broad SMARTS) is 1. The first-order valence-corrected chi connectivity index (χ1v) is 7.87. The van der Waals surface area contributed by atoms with E-state index in [4.69, 9.17) is 5.11 Å². The lowest BCUT2D eigenvalue weighted by Gasteiger charge is -2.35. The van der Waals surface area contributed by atoms with Crippen molar-refractivity contribution in [3.05, 3.63) is 23.8 Å². The van der Waals surface area contributed by atoms with Crippen LogP contribution >= 0.6 is 11.8 Å². The van der Waals surface area contributed by atoms with E-state index in [2.05, 4.69) is 35.5 Å². The number of para-hydroxylation sites is 1. The molecule has 1 aromatic heterocycles. The minimum atomic E-state index is -0.799. The summed E-state index contributed by atoms with van der Waals surface area (Å²) in [6, 6.07) is 6.65. The van der Waals surface area contributed by atoms with Crippen LogP contribution in [-0.2, 0) is 4.79 Å². The van der Waals surface area contributed by atoms with Crippen LogP contribution < -0.4 is 0 Å². The maximum atomic E-state index is 10.8. The second-order valence-corrected chi connectivity index (χ2v) is 6.56. The van der Waals surface area contributed by atoms with Gasteiger partial charge in [0.1, 0.15) is 0 Å². The molecule has 1 aliphatic carbocycles. The summed E-state index contributed by atoms with van der Waals surface area (Å²) >= 11 is 1.32. The Balaban J connectivity index is 2.04. The normalized spacial score (nSPS) is 21.9. The van der Waals surface area contributed by atoms with Gasteiger partial charge in [0.15, 0.2) is 5.16 Å². The van der Waals surface area contributed by atoms with Gasteiger partial charge in [-0.05, 0) is 37.3 Å². The molecule has 1 fully saturated rings. The van der Waals surface area contributed by atoms with Crippen LogP contribution in [0.2, 0.25) is 0 Å². The summed E-state index contributed by atoms with van der Waals surface area (Å²) < 4.78 is 2.25. The molecule has 0 aliphatic heterocycles. The van der Waals surface area contributed by atoms with Crippen LogP contribution in [0.3, 0.4) is 0 Å². The molecule has 0 radical (unpaired) electrons. The second kappa shape index (κ2) is 5.13. The molecule has 0 spiro atoms. The van der Waals surface area contributed by atoms with E-state index < -0.39 is 5.97 Å². The Hall–Kier alpha value is -1.49. The van der Waals surface area contributed by atoms with Crippen molar-refractivity contribution >= 4 is 28.8 Å². The van der Waals surface area contributed by atoms with E-state index in [0.29, 0.717) is 6.04 Å². The molecule has 0 saturated heterocycles. The first-order valence-electron chi connectivity index (χ1n) is 6.88. The number of hydrogen-bond donors (Lipinski definition) is 1. The third kappa shape index (κ3) is 2.30. The number of imidazole rings is 1. The monoisotopic (exact) mass is 290 g/mol. The van der Waals surface area contributed by atoms with Crippen LogP contribution in [0.5, 0.6) is 0 Å². The van der Waals surface area contributed by atoms with Gasteiger partial charge >= 0.3 is 5.97 Å². The number of carboxylic acids is 1. The molecular weight excluding hydrogens is 272 g/mol. The van der Waals surface area contributed by atoms with Gasteiger partial charge in [0.2, 0.25) is 0 Å². The summed E-state index contributed by atoms with van der Waals surface area (Å²) in [6.07, 6.45) is 2.31. The van der Waals surface area contributed by atoms with Crippen molar-refractivity contribution in [2.45, 2.75) is 37.9 Å². The Kier molecular flexibility index (Phi) is 3.46. The first-order chi connectivity index (χ1) is 9.56. The number of nitrogens with zero attached hydrogens (tertiary/aromatic N) is 2. The van der Waals surface area contributed by atoms with Gasteiger partial charge < -0.3 is 9.67 Å². The van der Waals surface area contributed by atoms with Crippen molar-refractivity contribution in [2.24, 2.45) is 5.92 Å². The Morgan fingerprint density at radius 1 is 1.50 bits per heavy atom. The van der Waals surface area contributed by atoms with Gasteiger partial charge in [-0.2, -0.15) is 0 Å². The predicted molar refractivity (Wildman–Crippen MR) is 80.3 cm³/mol. The predicted octanol–water partition coefficient (Wildman–Crippen LogP) is 3.49. The second-order valence-electron chi connectivity index (χ2n) is 5.62. The zero-order valence-corrected chi connectivity index (χ0v) is 12.5. The fraction of sp³-hybridized carbons (Fsp3) is 0.467. The average Bonchev–Trinajstić information content (AvgIpc) is 2.72. The SMILES string of the molecule is Cc1cccc2c1nc(SCC(=O)O)n2C1CC(C)C1. The van der Waals surface area contributed by atoms with Crippen LogP contribution in [0.15, 0.2) is 23.4 Å². The van der Waals surface area contributed by atoms with Gasteiger partial charge in [-0.1, -0.05) is 30.8 Å². The van der Waals surface area contributed by atoms with Crippen LogP contribution in [0.4, 0.5) is 0 Å². The Morgan fingerprint density at radius 3 is 2.90 bits per heavy atom. The molecule has 20 heavy (non-hydrogen) atoms. The number of carbonyl (C=O) groups is 1. The van der Waals surface area contributed by atoms with E-state index in [9.17, 15) is 4.79 Å². The molecule has 0 unspecified atom stereocenters. The van der Waals surface area contributed by atoms with E-state index in [1.807, 2.05) is 6.07 Å². The van der Waals surface area contributed by atoms with Crippen LogP contribution in [-0.4, -0.2) is 26.4 Å². The molecule has 1 aromatic carbocycles. The fourth-order valence-electron chi connectivity index (χ4n) is 2.89. The third-order valence-corrected chi connectivity index (χ3v) is 4.87. The van der Waals surface area contributed by atoms with Crippen molar-refractivity contribution < 1.29 is 9.90 Å². The molecule has 3 rings (SSSR count). The van der Waals surface area contributed by atoms with Crippen molar-refractivity contribution in [3.63, 3.8) is 0 Å². The number of aromatic nitrogens is 2. The highest BCUT2D eigenvalue weighted by molar-refractivity contribution is 7.99. The summed E-state index contributed by atoms with van der Waals surface area (Å²) in [5.41, 5.74) is 3.28. The number of benzene rings is 1. The van der Waals surface area contributed by atoms with Crippen LogP contribution in [0.1, 0.15) is 31.4 Å². The summed E-state index contributed by atoms with van der Waals surface area (Å²) in [6.45, 7) is 4.31. The standard InChI is InChI=1S/C15H18N2O2S/c1-9-6-11(7-9)17-12-5-3-4-10(2)14(12)16-15(17)20-8-13(18)19/h3-5,9,11H,6-8H2,1-2H3,(H,18,19). The minimum absolute atomic E-state index is 0.0602. The van der Waals surface area contributed by atoms with Gasteiger partial charge in [0, 0.05) is 6.04 Å². The summed E-state index contributed by atoms with van der Waals surface area (Å²) in [4.78, 5) is 15.5. The third-order valence-electron chi connectivity index (χ3n) is 3.93. The molecule has 0 bridgehead atoms. The zero-order valence-electron chi connectivity index (χ0n) is 11.7. The lowest BCUT2D eigenvalue weighted by Crippen LogP contribution is -2.25. The molecule has 1 aliphatic rings. The molecule has 0 atom stereocenters. The van der Waals surface area contributed by atoms with Gasteiger partial charge in [-0.25, -0.2) is 4.98 Å². The maximum absolute atomic E-state index is 10.8. The molecular formula is C15H18N2O2S.